The number of aliphatic carboxylic acids is 1. The Labute approximate surface area is 92.0 Å². The number of carboxylic acids is 1. The standard InChI is InChI=1S/C11H9ClO3/c1-7(13)9(11(14)15)6-8-4-2-3-5-10(8)12/h2-6H,1H3,(H,14,15)/b9-6-. The van der Waals surface area contributed by atoms with E-state index in [0.29, 0.717) is 10.6 Å². The van der Waals surface area contributed by atoms with Crippen molar-refractivity contribution in [1.82, 2.24) is 0 Å². The quantitative estimate of drug-likeness (QED) is 0.487. The van der Waals surface area contributed by atoms with Gasteiger partial charge in [-0.05, 0) is 24.6 Å². The molecule has 3 nitrogen and oxygen atoms in total. The second-order valence-electron chi connectivity index (χ2n) is 2.94. The van der Waals surface area contributed by atoms with Gasteiger partial charge in [-0.25, -0.2) is 4.79 Å². The van der Waals surface area contributed by atoms with Crippen molar-refractivity contribution < 1.29 is 14.7 Å². The molecule has 0 aliphatic rings. The van der Waals surface area contributed by atoms with Crippen LogP contribution in [0.25, 0.3) is 6.08 Å². The molecular weight excluding hydrogens is 216 g/mol. The Kier molecular flexibility index (Phi) is 3.63. The van der Waals surface area contributed by atoms with Crippen molar-refractivity contribution in [3.63, 3.8) is 0 Å². The first-order valence-electron chi connectivity index (χ1n) is 4.23. The molecule has 0 fully saturated rings. The summed E-state index contributed by atoms with van der Waals surface area (Å²) in [5, 5.41) is 9.18. The van der Waals surface area contributed by atoms with Crippen LogP contribution < -0.4 is 0 Å². The van der Waals surface area contributed by atoms with E-state index in [9.17, 15) is 9.59 Å². The van der Waals surface area contributed by atoms with E-state index in [4.69, 9.17) is 16.7 Å². The van der Waals surface area contributed by atoms with Gasteiger partial charge in [0.25, 0.3) is 0 Å². The molecule has 15 heavy (non-hydrogen) atoms. The Bertz CT molecular complexity index is 419. The molecule has 0 bridgehead atoms. The zero-order chi connectivity index (χ0) is 11.4. The van der Waals surface area contributed by atoms with Crippen LogP contribution in [0.15, 0.2) is 29.8 Å². The minimum atomic E-state index is -1.25. The number of hydrogen-bond acceptors (Lipinski definition) is 2. The maximum Gasteiger partial charge on any atom is 0.339 e. The summed E-state index contributed by atoms with van der Waals surface area (Å²) in [5.41, 5.74) is 0.245. The molecule has 0 aromatic heterocycles. The van der Waals surface area contributed by atoms with E-state index in [1.165, 1.54) is 13.0 Å². The molecule has 0 aliphatic heterocycles. The van der Waals surface area contributed by atoms with Gasteiger partial charge in [0, 0.05) is 5.02 Å². The first kappa shape index (κ1) is 11.5. The average Bonchev–Trinajstić information content (AvgIpc) is 2.15. The van der Waals surface area contributed by atoms with Crippen LogP contribution in [0.2, 0.25) is 5.02 Å². The van der Waals surface area contributed by atoms with Crippen LogP contribution >= 0.6 is 11.6 Å². The predicted octanol–water partition coefficient (Wildman–Crippen LogP) is 2.40. The van der Waals surface area contributed by atoms with Crippen LogP contribution in [0.1, 0.15) is 12.5 Å². The number of rotatable bonds is 3. The SMILES string of the molecule is CC(=O)/C(=C/c1ccccc1Cl)C(=O)O. The lowest BCUT2D eigenvalue weighted by Gasteiger charge is -1.99. The highest BCUT2D eigenvalue weighted by molar-refractivity contribution is 6.32. The van der Waals surface area contributed by atoms with E-state index in [0.717, 1.165) is 0 Å². The van der Waals surface area contributed by atoms with Crippen LogP contribution in [0.4, 0.5) is 0 Å². The van der Waals surface area contributed by atoms with Crippen molar-refractivity contribution in [1.29, 1.82) is 0 Å². The topological polar surface area (TPSA) is 54.4 Å². The van der Waals surface area contributed by atoms with Crippen LogP contribution in [0.5, 0.6) is 0 Å². The molecule has 0 unspecified atom stereocenters. The minimum Gasteiger partial charge on any atom is -0.478 e. The third kappa shape index (κ3) is 2.92. The van der Waals surface area contributed by atoms with Crippen molar-refractivity contribution in [2.75, 3.05) is 0 Å². The van der Waals surface area contributed by atoms with E-state index in [-0.39, 0.29) is 5.57 Å². The van der Waals surface area contributed by atoms with Gasteiger partial charge in [0.05, 0.1) is 0 Å². The third-order valence-electron chi connectivity index (χ3n) is 1.81. The molecule has 0 radical (unpaired) electrons. The fraction of sp³-hybridized carbons (Fsp3) is 0.0909. The highest BCUT2D eigenvalue weighted by Gasteiger charge is 2.12. The van der Waals surface area contributed by atoms with Gasteiger partial charge in [-0.3, -0.25) is 4.79 Å². The molecule has 0 atom stereocenters. The van der Waals surface area contributed by atoms with Gasteiger partial charge in [0.2, 0.25) is 0 Å². The Morgan fingerprint density at radius 3 is 2.40 bits per heavy atom. The van der Waals surface area contributed by atoms with E-state index in [1.54, 1.807) is 24.3 Å². The van der Waals surface area contributed by atoms with Crippen LogP contribution in [-0.2, 0) is 9.59 Å². The molecule has 1 rings (SSSR count). The third-order valence-corrected chi connectivity index (χ3v) is 2.16. The summed E-state index contributed by atoms with van der Waals surface area (Å²) in [7, 11) is 0. The molecule has 78 valence electrons. The molecular formula is C11H9ClO3. The van der Waals surface area contributed by atoms with Crippen molar-refractivity contribution in [3.8, 4) is 0 Å². The summed E-state index contributed by atoms with van der Waals surface area (Å²) in [6.07, 6.45) is 1.27. The fourth-order valence-corrected chi connectivity index (χ4v) is 1.25. The largest absolute Gasteiger partial charge is 0.478 e. The Morgan fingerprint density at radius 1 is 1.33 bits per heavy atom. The molecule has 0 heterocycles. The summed E-state index contributed by atoms with van der Waals surface area (Å²) >= 11 is 5.83. The number of Topliss-reactive ketones (excluding diaryl/α,β-unsaturated/α-hetero) is 1. The summed E-state index contributed by atoms with van der Waals surface area (Å²) in [5.74, 6) is -1.75. The molecule has 1 aromatic carbocycles. The maximum absolute atomic E-state index is 11.0. The summed E-state index contributed by atoms with van der Waals surface area (Å²) in [6, 6.07) is 6.73. The molecule has 0 saturated carbocycles. The van der Waals surface area contributed by atoms with Crippen molar-refractivity contribution in [2.45, 2.75) is 6.92 Å². The lowest BCUT2D eigenvalue weighted by molar-refractivity contribution is -0.134. The van der Waals surface area contributed by atoms with E-state index in [1.807, 2.05) is 0 Å². The first-order valence-corrected chi connectivity index (χ1v) is 4.60. The number of benzene rings is 1. The summed E-state index contributed by atoms with van der Waals surface area (Å²) in [4.78, 5) is 21.7. The second kappa shape index (κ2) is 4.75. The Hall–Kier alpha value is -1.61. The Balaban J connectivity index is 3.19. The zero-order valence-electron chi connectivity index (χ0n) is 8.03. The number of carboxylic acid groups (broad SMARTS) is 1. The Morgan fingerprint density at radius 2 is 1.93 bits per heavy atom. The number of hydrogen-bond donors (Lipinski definition) is 1. The minimum absolute atomic E-state index is 0.275. The molecule has 0 saturated heterocycles. The normalized spacial score (nSPS) is 11.2. The molecule has 0 spiro atoms. The maximum atomic E-state index is 11.0. The van der Waals surface area contributed by atoms with Gasteiger partial charge >= 0.3 is 5.97 Å². The van der Waals surface area contributed by atoms with Crippen LogP contribution in [0, 0.1) is 0 Å². The van der Waals surface area contributed by atoms with Crippen molar-refractivity contribution in [2.24, 2.45) is 0 Å². The van der Waals surface area contributed by atoms with Crippen molar-refractivity contribution >= 4 is 29.4 Å². The van der Waals surface area contributed by atoms with E-state index >= 15 is 0 Å². The number of ketones is 1. The molecule has 4 heteroatoms. The number of carbonyl (C=O) groups is 2. The monoisotopic (exact) mass is 224 g/mol. The van der Waals surface area contributed by atoms with Gasteiger partial charge in [-0.15, -0.1) is 0 Å². The smallest absolute Gasteiger partial charge is 0.339 e. The summed E-state index contributed by atoms with van der Waals surface area (Å²) in [6.45, 7) is 1.21. The number of carbonyl (C=O) groups excluding carboxylic acids is 1. The zero-order valence-corrected chi connectivity index (χ0v) is 8.78. The van der Waals surface area contributed by atoms with Crippen molar-refractivity contribution in [3.05, 3.63) is 40.4 Å². The van der Waals surface area contributed by atoms with Gasteiger partial charge < -0.3 is 5.11 Å². The van der Waals surface area contributed by atoms with Gasteiger partial charge in [-0.1, -0.05) is 29.8 Å². The molecule has 0 amide bonds. The number of halogens is 1. The van der Waals surface area contributed by atoms with Crippen LogP contribution in [-0.4, -0.2) is 16.9 Å². The predicted molar refractivity (Wildman–Crippen MR) is 57.7 cm³/mol. The summed E-state index contributed by atoms with van der Waals surface area (Å²) < 4.78 is 0. The van der Waals surface area contributed by atoms with Gasteiger partial charge in [-0.2, -0.15) is 0 Å². The molecule has 1 N–H and O–H groups in total. The van der Waals surface area contributed by atoms with Gasteiger partial charge in [0.1, 0.15) is 5.57 Å². The average molecular weight is 225 g/mol. The van der Waals surface area contributed by atoms with Gasteiger partial charge in [0.15, 0.2) is 5.78 Å². The molecule has 0 aliphatic carbocycles. The van der Waals surface area contributed by atoms with E-state index in [2.05, 4.69) is 0 Å². The lowest BCUT2D eigenvalue weighted by Crippen LogP contribution is -2.08. The first-order chi connectivity index (χ1) is 7.02. The van der Waals surface area contributed by atoms with E-state index < -0.39 is 11.8 Å². The molecule has 1 aromatic rings. The fourth-order valence-electron chi connectivity index (χ4n) is 1.06. The highest BCUT2D eigenvalue weighted by Crippen LogP contribution is 2.18. The van der Waals surface area contributed by atoms with Crippen LogP contribution in [0.3, 0.4) is 0 Å². The second-order valence-corrected chi connectivity index (χ2v) is 3.35. The highest BCUT2D eigenvalue weighted by atomic mass is 35.5. The lowest BCUT2D eigenvalue weighted by atomic mass is 10.1.